The summed E-state index contributed by atoms with van der Waals surface area (Å²) in [6.07, 6.45) is 2.37. The van der Waals surface area contributed by atoms with Crippen molar-refractivity contribution in [2.75, 3.05) is 13.1 Å². The molecule has 1 fully saturated rings. The van der Waals surface area contributed by atoms with Crippen LogP contribution >= 0.6 is 0 Å². The fourth-order valence-electron chi connectivity index (χ4n) is 3.83. The maximum Gasteiger partial charge on any atom is 0.315 e. The van der Waals surface area contributed by atoms with Gasteiger partial charge in [-0.05, 0) is 30.5 Å². The topological polar surface area (TPSA) is 103 Å². The van der Waals surface area contributed by atoms with E-state index in [2.05, 4.69) is 0 Å². The Bertz CT molecular complexity index is 827. The lowest BCUT2D eigenvalue weighted by Gasteiger charge is -2.42. The lowest BCUT2D eigenvalue weighted by Crippen LogP contribution is -3.00. The summed E-state index contributed by atoms with van der Waals surface area (Å²) in [5.74, 6) is 0.338. The Hall–Kier alpha value is -2.42. The molecule has 2 N–H and O–H groups in total. The normalized spacial score (nSPS) is 23.7. The van der Waals surface area contributed by atoms with Gasteiger partial charge >= 0.3 is 5.56 Å². The van der Waals surface area contributed by atoms with Crippen LogP contribution in [0.25, 0.3) is 0 Å². The number of carbonyl (C=O) groups excluding carboxylic acids is 1. The summed E-state index contributed by atoms with van der Waals surface area (Å²) in [4.78, 5) is 26.6. The molecule has 1 amide bonds. The molecular weight excluding hydrogens is 314 g/mol. The molecule has 3 atom stereocenters. The maximum atomic E-state index is 12.5. The Kier molecular flexibility index (Phi) is 3.52. The van der Waals surface area contributed by atoms with E-state index in [0.29, 0.717) is 25.4 Å². The van der Waals surface area contributed by atoms with Crippen molar-refractivity contribution in [3.05, 3.63) is 57.5 Å². The molecule has 2 aliphatic heterocycles. The Balaban J connectivity index is 1.66. The third-order valence-corrected chi connectivity index (χ3v) is 4.85. The standard InChI is InChI=1S/C16H17N3O5/c20-15-13(19(22)23)4-3-12-11-6-10(8-18(12)15)7-17(9-11)16(21)14-2-1-5-24-14/h1-5,10-11,19,22H,6-9H2. The highest BCUT2D eigenvalue weighted by atomic mass is 16.8. The van der Waals surface area contributed by atoms with Gasteiger partial charge in [-0.3, -0.25) is 9.59 Å². The van der Waals surface area contributed by atoms with E-state index in [0.717, 1.165) is 12.1 Å². The van der Waals surface area contributed by atoms with Crippen LogP contribution in [0.5, 0.6) is 0 Å². The number of hydrogen-bond acceptors (Lipinski definition) is 5. The first-order valence-electron chi connectivity index (χ1n) is 7.84. The molecule has 0 spiro atoms. The molecule has 8 heteroatoms. The first kappa shape index (κ1) is 15.1. The van der Waals surface area contributed by atoms with Crippen molar-refractivity contribution >= 4 is 11.6 Å². The molecule has 24 heavy (non-hydrogen) atoms. The first-order chi connectivity index (χ1) is 11.5. The fourth-order valence-corrected chi connectivity index (χ4v) is 3.83. The highest BCUT2D eigenvalue weighted by Crippen LogP contribution is 2.35. The number of pyridine rings is 1. The molecule has 2 aromatic heterocycles. The van der Waals surface area contributed by atoms with Crippen molar-refractivity contribution < 1.29 is 19.6 Å². The summed E-state index contributed by atoms with van der Waals surface area (Å²) in [7, 11) is 0. The minimum absolute atomic E-state index is 0.0342. The summed E-state index contributed by atoms with van der Waals surface area (Å²) in [6.45, 7) is 1.48. The number of aromatic nitrogens is 1. The quantitative estimate of drug-likeness (QED) is 0.760. The number of likely N-dealkylation sites (tertiary alicyclic amines) is 1. The SMILES string of the molecule is O=C(c1ccco1)N1CC2CC(C1)c1ccc([NH+]([O-])O)c(=O)n1C2. The Morgan fingerprint density at radius 1 is 1.29 bits per heavy atom. The van der Waals surface area contributed by atoms with Crippen LogP contribution in [0.2, 0.25) is 0 Å². The molecule has 2 aliphatic rings. The van der Waals surface area contributed by atoms with Crippen LogP contribution in [0.15, 0.2) is 39.7 Å². The third-order valence-electron chi connectivity index (χ3n) is 4.85. The zero-order chi connectivity index (χ0) is 16.8. The Morgan fingerprint density at radius 3 is 2.83 bits per heavy atom. The molecule has 2 aromatic rings. The van der Waals surface area contributed by atoms with E-state index in [9.17, 15) is 14.8 Å². The lowest BCUT2D eigenvalue weighted by atomic mass is 9.83. The van der Waals surface area contributed by atoms with E-state index in [4.69, 9.17) is 9.62 Å². The van der Waals surface area contributed by atoms with Gasteiger partial charge in [0.15, 0.2) is 5.76 Å². The van der Waals surface area contributed by atoms with Crippen LogP contribution in [0.1, 0.15) is 28.6 Å². The second kappa shape index (κ2) is 5.59. The number of amides is 1. The molecule has 1 saturated heterocycles. The Labute approximate surface area is 137 Å². The summed E-state index contributed by atoms with van der Waals surface area (Å²) >= 11 is 0. The van der Waals surface area contributed by atoms with Crippen LogP contribution in [0.4, 0.5) is 5.69 Å². The highest BCUT2D eigenvalue weighted by Gasteiger charge is 2.37. The first-order valence-corrected chi connectivity index (χ1v) is 7.84. The molecule has 3 unspecified atom stereocenters. The summed E-state index contributed by atoms with van der Waals surface area (Å²) in [5.41, 5.74) is 0.140. The van der Waals surface area contributed by atoms with Crippen LogP contribution in [0, 0.1) is 11.1 Å². The molecule has 0 radical (unpaired) electrons. The van der Waals surface area contributed by atoms with Crippen molar-refractivity contribution in [3.63, 3.8) is 0 Å². The third kappa shape index (κ3) is 2.35. The second-order valence-corrected chi connectivity index (χ2v) is 6.38. The number of quaternary nitrogens is 1. The number of carbonyl (C=O) groups is 1. The predicted molar refractivity (Wildman–Crippen MR) is 81.9 cm³/mol. The van der Waals surface area contributed by atoms with Gasteiger partial charge in [0.2, 0.25) is 5.69 Å². The van der Waals surface area contributed by atoms with Crippen molar-refractivity contribution in [1.29, 1.82) is 0 Å². The second-order valence-electron chi connectivity index (χ2n) is 6.38. The van der Waals surface area contributed by atoms with E-state index in [1.54, 1.807) is 27.7 Å². The summed E-state index contributed by atoms with van der Waals surface area (Å²) in [6, 6.07) is 6.39. The molecule has 4 rings (SSSR count). The predicted octanol–water partition coefficient (Wildman–Crippen LogP) is 0.104. The smallest absolute Gasteiger partial charge is 0.315 e. The van der Waals surface area contributed by atoms with E-state index in [1.807, 2.05) is 0 Å². The number of fused-ring (bicyclic) bond motifs is 4. The molecule has 8 nitrogen and oxygen atoms in total. The fraction of sp³-hybridized carbons (Fsp3) is 0.375. The number of piperidine rings is 1. The lowest BCUT2D eigenvalue weighted by molar-refractivity contribution is -0.992. The largest absolute Gasteiger partial charge is 0.595 e. The average molecular weight is 331 g/mol. The van der Waals surface area contributed by atoms with Gasteiger partial charge in [-0.1, -0.05) is 0 Å². The molecule has 4 heterocycles. The van der Waals surface area contributed by atoms with Crippen molar-refractivity contribution in [2.24, 2.45) is 5.92 Å². The minimum atomic E-state index is -1.21. The number of nitrogens with zero attached hydrogens (tertiary/aromatic N) is 2. The molecular formula is C16H17N3O5. The average Bonchev–Trinajstić information content (AvgIpc) is 3.09. The summed E-state index contributed by atoms with van der Waals surface area (Å²) < 4.78 is 6.76. The maximum absolute atomic E-state index is 12.5. The molecule has 0 aliphatic carbocycles. The summed E-state index contributed by atoms with van der Waals surface area (Å²) in [5, 5.41) is 19.1. The zero-order valence-corrected chi connectivity index (χ0v) is 12.8. The van der Waals surface area contributed by atoms with E-state index in [1.165, 1.54) is 12.3 Å². The van der Waals surface area contributed by atoms with Crippen LogP contribution < -0.4 is 10.8 Å². The molecule has 2 bridgehead atoms. The van der Waals surface area contributed by atoms with E-state index in [-0.39, 0.29) is 23.4 Å². The van der Waals surface area contributed by atoms with Gasteiger partial charge in [0.1, 0.15) is 0 Å². The molecule has 0 saturated carbocycles. The van der Waals surface area contributed by atoms with Gasteiger partial charge in [-0.15, -0.1) is 0 Å². The van der Waals surface area contributed by atoms with Gasteiger partial charge in [-0.2, -0.15) is 5.23 Å². The highest BCUT2D eigenvalue weighted by molar-refractivity contribution is 5.91. The van der Waals surface area contributed by atoms with Gasteiger partial charge in [-0.25, -0.2) is 5.21 Å². The van der Waals surface area contributed by atoms with E-state index >= 15 is 0 Å². The van der Waals surface area contributed by atoms with Gasteiger partial charge < -0.3 is 19.1 Å². The minimum Gasteiger partial charge on any atom is -0.595 e. The van der Waals surface area contributed by atoms with Crippen LogP contribution in [0.3, 0.4) is 0 Å². The van der Waals surface area contributed by atoms with Gasteiger partial charge in [0.25, 0.3) is 5.91 Å². The van der Waals surface area contributed by atoms with Crippen LogP contribution in [-0.2, 0) is 6.54 Å². The molecule has 0 aromatic carbocycles. The van der Waals surface area contributed by atoms with Gasteiger partial charge in [0.05, 0.1) is 6.26 Å². The number of nitrogens with one attached hydrogen (secondary N) is 1. The van der Waals surface area contributed by atoms with Gasteiger partial charge in [0, 0.05) is 37.3 Å². The van der Waals surface area contributed by atoms with Crippen molar-refractivity contribution in [1.82, 2.24) is 9.47 Å². The zero-order valence-electron chi connectivity index (χ0n) is 12.8. The van der Waals surface area contributed by atoms with Crippen molar-refractivity contribution in [3.8, 4) is 0 Å². The van der Waals surface area contributed by atoms with Crippen LogP contribution in [-0.4, -0.2) is 33.7 Å². The monoisotopic (exact) mass is 331 g/mol. The number of rotatable bonds is 2. The van der Waals surface area contributed by atoms with Crippen molar-refractivity contribution in [2.45, 2.75) is 18.9 Å². The Morgan fingerprint density at radius 2 is 2.12 bits per heavy atom. The number of furan rings is 1. The molecule has 126 valence electrons. The number of hydrogen-bond donors (Lipinski definition) is 2. The van der Waals surface area contributed by atoms with E-state index < -0.39 is 10.8 Å².